The third-order valence-electron chi connectivity index (χ3n) is 3.69. The Bertz CT molecular complexity index is 764. The van der Waals surface area contributed by atoms with E-state index in [1.165, 1.54) is 12.7 Å². The Balaban J connectivity index is 1.58. The number of furan rings is 1. The number of hydrogen-bond donors (Lipinski definition) is 2. The number of amides is 1. The third-order valence-corrected chi connectivity index (χ3v) is 3.69. The fourth-order valence-electron chi connectivity index (χ4n) is 2.44. The van der Waals surface area contributed by atoms with E-state index in [0.717, 1.165) is 5.56 Å². The Morgan fingerprint density at radius 1 is 1.25 bits per heavy atom. The summed E-state index contributed by atoms with van der Waals surface area (Å²) in [5.41, 5.74) is 1.39. The summed E-state index contributed by atoms with van der Waals surface area (Å²) in [7, 11) is 0. The molecule has 0 aliphatic carbocycles. The summed E-state index contributed by atoms with van der Waals surface area (Å²) in [5, 5.41) is 12.9. The van der Waals surface area contributed by atoms with E-state index in [0.29, 0.717) is 23.5 Å². The molecule has 2 unspecified atom stereocenters. The molecule has 6 heteroatoms. The summed E-state index contributed by atoms with van der Waals surface area (Å²) in [5.74, 6) is 0.947. The quantitative estimate of drug-likeness (QED) is 0.726. The van der Waals surface area contributed by atoms with Crippen LogP contribution in [0, 0.1) is 0 Å². The van der Waals surface area contributed by atoms with Gasteiger partial charge in [-0.1, -0.05) is 12.1 Å². The number of aliphatic hydroxyl groups is 1. The van der Waals surface area contributed by atoms with E-state index in [1.54, 1.807) is 42.6 Å². The minimum Gasteiger partial charge on any atom is -0.467 e. The lowest BCUT2D eigenvalue weighted by atomic mass is 10.1. The molecule has 1 amide bonds. The predicted molar refractivity (Wildman–Crippen MR) is 87.2 cm³/mol. The zero-order valence-electron chi connectivity index (χ0n) is 13.2. The molecule has 3 aromatic rings. The monoisotopic (exact) mass is 326 g/mol. The standard InChI is InChI=1S/C18H18N2O4/c1-12(9-15(21)16-3-2-8-23-16)20-18(22)14-6-4-13(5-7-14)17-10-19-11-24-17/h2-8,10-12,15,21H,9H2,1H3,(H,20,22). The number of hydrogen-bond acceptors (Lipinski definition) is 5. The van der Waals surface area contributed by atoms with E-state index in [-0.39, 0.29) is 11.9 Å². The van der Waals surface area contributed by atoms with Crippen molar-refractivity contribution in [1.29, 1.82) is 0 Å². The molecular formula is C18H18N2O4. The molecule has 2 N–H and O–H groups in total. The van der Waals surface area contributed by atoms with E-state index >= 15 is 0 Å². The van der Waals surface area contributed by atoms with Crippen LogP contribution in [-0.2, 0) is 0 Å². The van der Waals surface area contributed by atoms with Crippen LogP contribution in [0.5, 0.6) is 0 Å². The zero-order chi connectivity index (χ0) is 16.9. The van der Waals surface area contributed by atoms with Crippen molar-refractivity contribution in [1.82, 2.24) is 10.3 Å². The van der Waals surface area contributed by atoms with Crippen LogP contribution >= 0.6 is 0 Å². The van der Waals surface area contributed by atoms with Crippen molar-refractivity contribution in [2.75, 3.05) is 0 Å². The van der Waals surface area contributed by atoms with Gasteiger partial charge < -0.3 is 19.3 Å². The molecule has 1 aromatic carbocycles. The van der Waals surface area contributed by atoms with Gasteiger partial charge in [-0.3, -0.25) is 4.79 Å². The molecule has 6 nitrogen and oxygen atoms in total. The van der Waals surface area contributed by atoms with E-state index in [1.807, 2.05) is 6.92 Å². The zero-order valence-corrected chi connectivity index (χ0v) is 13.2. The van der Waals surface area contributed by atoms with Crippen LogP contribution in [0.4, 0.5) is 0 Å². The van der Waals surface area contributed by atoms with Crippen molar-refractivity contribution in [2.45, 2.75) is 25.5 Å². The van der Waals surface area contributed by atoms with Gasteiger partial charge in [-0.15, -0.1) is 0 Å². The summed E-state index contributed by atoms with van der Waals surface area (Å²) in [6.07, 6.45) is 4.12. The molecule has 124 valence electrons. The lowest BCUT2D eigenvalue weighted by Gasteiger charge is -2.16. The van der Waals surface area contributed by atoms with Gasteiger partial charge in [0.2, 0.25) is 0 Å². The summed E-state index contributed by atoms with van der Waals surface area (Å²) in [6.45, 7) is 1.84. The third kappa shape index (κ3) is 3.72. The number of rotatable bonds is 6. The summed E-state index contributed by atoms with van der Waals surface area (Å²) >= 11 is 0. The van der Waals surface area contributed by atoms with E-state index < -0.39 is 6.10 Å². The first kappa shape index (κ1) is 16.0. The van der Waals surface area contributed by atoms with Crippen molar-refractivity contribution in [2.24, 2.45) is 0 Å². The predicted octanol–water partition coefficient (Wildman–Crippen LogP) is 3.18. The van der Waals surface area contributed by atoms with Crippen LogP contribution in [0.25, 0.3) is 11.3 Å². The van der Waals surface area contributed by atoms with Gasteiger partial charge in [0.25, 0.3) is 5.91 Å². The molecule has 3 rings (SSSR count). The molecule has 24 heavy (non-hydrogen) atoms. The number of benzene rings is 1. The van der Waals surface area contributed by atoms with Crippen LogP contribution in [0.3, 0.4) is 0 Å². The summed E-state index contributed by atoms with van der Waals surface area (Å²) in [6, 6.07) is 10.3. The first-order valence-electron chi connectivity index (χ1n) is 7.64. The van der Waals surface area contributed by atoms with Crippen molar-refractivity contribution < 1.29 is 18.7 Å². The Morgan fingerprint density at radius 3 is 2.67 bits per heavy atom. The second-order valence-electron chi connectivity index (χ2n) is 5.58. The Morgan fingerprint density at radius 2 is 2.04 bits per heavy atom. The number of nitrogens with one attached hydrogen (secondary N) is 1. The average molecular weight is 326 g/mol. The molecular weight excluding hydrogens is 308 g/mol. The minimum absolute atomic E-state index is 0.196. The van der Waals surface area contributed by atoms with Crippen LogP contribution < -0.4 is 5.32 Å². The maximum Gasteiger partial charge on any atom is 0.251 e. The van der Waals surface area contributed by atoms with Gasteiger partial charge in [-0.05, 0) is 31.2 Å². The second-order valence-corrected chi connectivity index (χ2v) is 5.58. The van der Waals surface area contributed by atoms with Gasteiger partial charge in [0.1, 0.15) is 11.9 Å². The molecule has 2 atom stereocenters. The van der Waals surface area contributed by atoms with Gasteiger partial charge in [-0.25, -0.2) is 4.98 Å². The molecule has 0 saturated heterocycles. The highest BCUT2D eigenvalue weighted by Crippen LogP contribution is 2.20. The van der Waals surface area contributed by atoms with Crippen LogP contribution in [0.15, 0.2) is 64.1 Å². The highest BCUT2D eigenvalue weighted by Gasteiger charge is 2.17. The fourth-order valence-corrected chi connectivity index (χ4v) is 2.44. The van der Waals surface area contributed by atoms with Gasteiger partial charge in [0, 0.05) is 23.6 Å². The molecule has 0 spiro atoms. The number of nitrogens with zero attached hydrogens (tertiary/aromatic N) is 1. The molecule has 0 aliphatic rings. The largest absolute Gasteiger partial charge is 0.467 e. The molecule has 0 aliphatic heterocycles. The lowest BCUT2D eigenvalue weighted by Crippen LogP contribution is -2.33. The van der Waals surface area contributed by atoms with Crippen molar-refractivity contribution in [3.05, 3.63) is 66.6 Å². The molecule has 2 aromatic heterocycles. The Hall–Kier alpha value is -2.86. The lowest BCUT2D eigenvalue weighted by molar-refractivity contribution is 0.0903. The van der Waals surface area contributed by atoms with Crippen LogP contribution in [0.2, 0.25) is 0 Å². The van der Waals surface area contributed by atoms with Gasteiger partial charge in [0.15, 0.2) is 12.2 Å². The number of oxazole rings is 1. The van der Waals surface area contributed by atoms with Crippen molar-refractivity contribution in [3.8, 4) is 11.3 Å². The number of aromatic nitrogens is 1. The molecule has 2 heterocycles. The molecule has 0 radical (unpaired) electrons. The number of carbonyl (C=O) groups excluding carboxylic acids is 1. The van der Waals surface area contributed by atoms with Crippen molar-refractivity contribution >= 4 is 5.91 Å². The minimum atomic E-state index is -0.746. The van der Waals surface area contributed by atoms with E-state index in [2.05, 4.69) is 10.3 Å². The highest BCUT2D eigenvalue weighted by atomic mass is 16.4. The average Bonchev–Trinajstić information content (AvgIpc) is 3.28. The highest BCUT2D eigenvalue weighted by molar-refractivity contribution is 5.94. The number of aliphatic hydroxyl groups excluding tert-OH is 1. The molecule has 0 saturated carbocycles. The molecule has 0 bridgehead atoms. The Labute approximate surface area is 139 Å². The smallest absolute Gasteiger partial charge is 0.251 e. The summed E-state index contributed by atoms with van der Waals surface area (Å²) < 4.78 is 10.4. The van der Waals surface area contributed by atoms with Crippen LogP contribution in [0.1, 0.15) is 35.6 Å². The fraction of sp³-hybridized carbons (Fsp3) is 0.222. The first-order valence-corrected chi connectivity index (χ1v) is 7.64. The van der Waals surface area contributed by atoms with Crippen molar-refractivity contribution in [3.63, 3.8) is 0 Å². The summed E-state index contributed by atoms with van der Waals surface area (Å²) in [4.78, 5) is 16.1. The Kier molecular flexibility index (Phi) is 4.77. The molecule has 0 fully saturated rings. The van der Waals surface area contributed by atoms with E-state index in [4.69, 9.17) is 8.83 Å². The normalized spacial score (nSPS) is 13.4. The maximum absolute atomic E-state index is 12.3. The topological polar surface area (TPSA) is 88.5 Å². The van der Waals surface area contributed by atoms with Gasteiger partial charge >= 0.3 is 0 Å². The second kappa shape index (κ2) is 7.14. The maximum atomic E-state index is 12.3. The first-order chi connectivity index (χ1) is 11.6. The van der Waals surface area contributed by atoms with Crippen LogP contribution in [-0.4, -0.2) is 22.0 Å². The van der Waals surface area contributed by atoms with Gasteiger partial charge in [0.05, 0.1) is 12.5 Å². The van der Waals surface area contributed by atoms with E-state index in [9.17, 15) is 9.90 Å². The SMILES string of the molecule is CC(CC(O)c1ccco1)NC(=O)c1ccc(-c2cnco2)cc1. The number of carbonyl (C=O) groups is 1. The van der Waals surface area contributed by atoms with Gasteiger partial charge in [-0.2, -0.15) is 0 Å².